The zero-order valence-electron chi connectivity index (χ0n) is 14.2. The highest BCUT2D eigenvalue weighted by Gasteiger charge is 2.24. The zero-order valence-corrected chi connectivity index (χ0v) is 14.2. The molecule has 1 N–H and O–H groups in total. The second-order valence-electron chi connectivity index (χ2n) is 5.98. The van der Waals surface area contributed by atoms with Gasteiger partial charge < -0.3 is 19.5 Å². The van der Waals surface area contributed by atoms with Crippen molar-refractivity contribution in [3.63, 3.8) is 0 Å². The van der Waals surface area contributed by atoms with Crippen LogP contribution in [0, 0.1) is 12.7 Å². The number of nitrogens with one attached hydrogen (secondary N) is 1. The molecule has 1 aromatic heterocycles. The van der Waals surface area contributed by atoms with Gasteiger partial charge in [0.25, 0.3) is 11.5 Å². The van der Waals surface area contributed by atoms with Gasteiger partial charge in [0.1, 0.15) is 5.56 Å². The summed E-state index contributed by atoms with van der Waals surface area (Å²) in [5.74, 6) is -0.474. The number of ether oxygens (including phenoxy) is 1. The molecule has 1 aliphatic heterocycles. The first-order valence-electron chi connectivity index (χ1n) is 8.07. The lowest BCUT2D eigenvalue weighted by Crippen LogP contribution is -2.49. The molecule has 0 radical (unpaired) electrons. The number of carbonyl (C=O) groups excluding carboxylic acids is 1. The summed E-state index contributed by atoms with van der Waals surface area (Å²) in [5, 5.41) is 0. The maximum atomic E-state index is 13.5. The van der Waals surface area contributed by atoms with Crippen molar-refractivity contribution in [3.05, 3.63) is 57.8 Å². The fourth-order valence-electron chi connectivity index (χ4n) is 2.92. The molecule has 0 unspecified atom stereocenters. The third-order valence-corrected chi connectivity index (χ3v) is 4.35. The molecule has 0 spiro atoms. The van der Waals surface area contributed by atoms with Crippen LogP contribution in [-0.4, -0.2) is 49.1 Å². The second kappa shape index (κ2) is 6.96. The van der Waals surface area contributed by atoms with Gasteiger partial charge in [0.15, 0.2) is 11.6 Å². The molecule has 0 aliphatic carbocycles. The Morgan fingerprint density at radius 3 is 2.52 bits per heavy atom. The van der Waals surface area contributed by atoms with E-state index in [4.69, 9.17) is 4.74 Å². The van der Waals surface area contributed by atoms with Crippen LogP contribution in [0.5, 0.6) is 5.75 Å². The third-order valence-electron chi connectivity index (χ3n) is 4.35. The SMILES string of the molecule is COc1cc(N2CCN(C(=O)c3ccc(C)[nH]c3=O)CC2)ccc1F. The highest BCUT2D eigenvalue weighted by atomic mass is 19.1. The number of carbonyl (C=O) groups is 1. The van der Waals surface area contributed by atoms with Gasteiger partial charge in [0, 0.05) is 43.6 Å². The number of H-pyrrole nitrogens is 1. The predicted octanol–water partition coefficient (Wildman–Crippen LogP) is 1.79. The molecule has 7 heteroatoms. The minimum atomic E-state index is -0.404. The lowest BCUT2D eigenvalue weighted by Gasteiger charge is -2.36. The van der Waals surface area contributed by atoms with Crippen LogP contribution < -0.4 is 15.2 Å². The number of hydrogen-bond donors (Lipinski definition) is 1. The molecule has 2 aromatic rings. The van der Waals surface area contributed by atoms with E-state index < -0.39 is 5.82 Å². The van der Waals surface area contributed by atoms with E-state index in [2.05, 4.69) is 9.88 Å². The Labute approximate surface area is 144 Å². The van der Waals surface area contributed by atoms with Crippen molar-refractivity contribution < 1.29 is 13.9 Å². The summed E-state index contributed by atoms with van der Waals surface area (Å²) in [6.07, 6.45) is 0. The summed E-state index contributed by atoms with van der Waals surface area (Å²) in [4.78, 5) is 30.9. The van der Waals surface area contributed by atoms with Gasteiger partial charge in [-0.2, -0.15) is 0 Å². The molecule has 132 valence electrons. The summed E-state index contributed by atoms with van der Waals surface area (Å²) < 4.78 is 18.5. The maximum absolute atomic E-state index is 13.5. The summed E-state index contributed by atoms with van der Waals surface area (Å²) in [7, 11) is 1.43. The Kier molecular flexibility index (Phi) is 4.74. The van der Waals surface area contributed by atoms with Crippen LogP contribution in [0.15, 0.2) is 35.1 Å². The predicted molar refractivity (Wildman–Crippen MR) is 92.9 cm³/mol. The van der Waals surface area contributed by atoms with E-state index in [0.717, 1.165) is 11.4 Å². The topological polar surface area (TPSA) is 65.6 Å². The summed E-state index contributed by atoms with van der Waals surface area (Å²) in [6, 6.07) is 8.00. The molecule has 6 nitrogen and oxygen atoms in total. The largest absolute Gasteiger partial charge is 0.494 e. The fourth-order valence-corrected chi connectivity index (χ4v) is 2.92. The molecule has 0 atom stereocenters. The lowest BCUT2D eigenvalue weighted by molar-refractivity contribution is 0.0745. The first-order valence-corrected chi connectivity index (χ1v) is 8.07. The number of nitrogens with zero attached hydrogens (tertiary/aromatic N) is 2. The molecule has 25 heavy (non-hydrogen) atoms. The number of benzene rings is 1. The number of hydrogen-bond acceptors (Lipinski definition) is 4. The molecular formula is C18H20FN3O3. The monoisotopic (exact) mass is 345 g/mol. The Balaban J connectivity index is 1.69. The average molecular weight is 345 g/mol. The number of anilines is 1. The van der Waals surface area contributed by atoms with E-state index in [9.17, 15) is 14.0 Å². The minimum Gasteiger partial charge on any atom is -0.494 e. The Hall–Kier alpha value is -2.83. The number of amides is 1. The highest BCUT2D eigenvalue weighted by Crippen LogP contribution is 2.25. The van der Waals surface area contributed by atoms with E-state index in [1.54, 1.807) is 36.1 Å². The molecular weight excluding hydrogens is 325 g/mol. The average Bonchev–Trinajstić information content (AvgIpc) is 2.62. The number of aryl methyl sites for hydroxylation is 1. The van der Waals surface area contributed by atoms with Gasteiger partial charge in [0.2, 0.25) is 0 Å². The fraction of sp³-hybridized carbons (Fsp3) is 0.333. The second-order valence-corrected chi connectivity index (χ2v) is 5.98. The first kappa shape index (κ1) is 17.0. The molecule has 3 rings (SSSR count). The van der Waals surface area contributed by atoms with Crippen LogP contribution >= 0.6 is 0 Å². The number of methoxy groups -OCH3 is 1. The van der Waals surface area contributed by atoms with Crippen molar-refractivity contribution >= 4 is 11.6 Å². The van der Waals surface area contributed by atoms with Crippen molar-refractivity contribution in [1.29, 1.82) is 0 Å². The molecule has 1 amide bonds. The van der Waals surface area contributed by atoms with E-state index in [1.165, 1.54) is 13.2 Å². The summed E-state index contributed by atoms with van der Waals surface area (Å²) in [5.41, 5.74) is 1.35. The van der Waals surface area contributed by atoms with Gasteiger partial charge >= 0.3 is 0 Å². The van der Waals surface area contributed by atoms with Gasteiger partial charge in [-0.3, -0.25) is 9.59 Å². The standard InChI is InChI=1S/C18H20FN3O3/c1-12-3-5-14(17(23)20-12)18(24)22-9-7-21(8-10-22)13-4-6-15(19)16(11-13)25-2/h3-6,11H,7-10H2,1-2H3,(H,20,23). The molecule has 0 bridgehead atoms. The number of aromatic amines is 1. The van der Waals surface area contributed by atoms with E-state index in [1.807, 2.05) is 0 Å². The molecule has 1 aliphatic rings. The number of halogens is 1. The van der Waals surface area contributed by atoms with Crippen molar-refractivity contribution in [2.45, 2.75) is 6.92 Å². The van der Waals surface area contributed by atoms with Crippen LogP contribution in [0.4, 0.5) is 10.1 Å². The smallest absolute Gasteiger partial charge is 0.260 e. The van der Waals surface area contributed by atoms with E-state index in [-0.39, 0.29) is 22.8 Å². The van der Waals surface area contributed by atoms with Crippen LogP contribution in [0.1, 0.15) is 16.1 Å². The first-order chi connectivity index (χ1) is 12.0. The van der Waals surface area contributed by atoms with Crippen molar-refractivity contribution in [1.82, 2.24) is 9.88 Å². The molecule has 1 aromatic carbocycles. The molecule has 1 saturated heterocycles. The number of aromatic nitrogens is 1. The molecule has 0 saturated carbocycles. The Morgan fingerprint density at radius 2 is 1.88 bits per heavy atom. The number of piperazine rings is 1. The van der Waals surface area contributed by atoms with Crippen LogP contribution in [0.3, 0.4) is 0 Å². The summed E-state index contributed by atoms with van der Waals surface area (Å²) in [6.45, 7) is 3.96. The Bertz CT molecular complexity index is 842. The minimum absolute atomic E-state index is 0.155. The van der Waals surface area contributed by atoms with E-state index in [0.29, 0.717) is 26.2 Å². The van der Waals surface area contributed by atoms with Crippen LogP contribution in [0.2, 0.25) is 0 Å². The van der Waals surface area contributed by atoms with Gasteiger partial charge in [0.05, 0.1) is 7.11 Å². The summed E-state index contributed by atoms with van der Waals surface area (Å²) >= 11 is 0. The maximum Gasteiger partial charge on any atom is 0.260 e. The third kappa shape index (κ3) is 3.50. The van der Waals surface area contributed by atoms with Gasteiger partial charge in [-0.15, -0.1) is 0 Å². The highest BCUT2D eigenvalue weighted by molar-refractivity contribution is 5.94. The van der Waals surface area contributed by atoms with Crippen molar-refractivity contribution in [3.8, 4) is 5.75 Å². The normalized spacial score (nSPS) is 14.5. The van der Waals surface area contributed by atoms with Crippen molar-refractivity contribution in [2.75, 3.05) is 38.2 Å². The van der Waals surface area contributed by atoms with Gasteiger partial charge in [-0.05, 0) is 31.2 Å². The van der Waals surface area contributed by atoms with Gasteiger partial charge in [-0.1, -0.05) is 0 Å². The van der Waals surface area contributed by atoms with Crippen LogP contribution in [-0.2, 0) is 0 Å². The van der Waals surface area contributed by atoms with Crippen LogP contribution in [0.25, 0.3) is 0 Å². The van der Waals surface area contributed by atoms with Crippen molar-refractivity contribution in [2.24, 2.45) is 0 Å². The number of rotatable bonds is 3. The Morgan fingerprint density at radius 1 is 1.16 bits per heavy atom. The zero-order chi connectivity index (χ0) is 18.0. The quantitative estimate of drug-likeness (QED) is 0.921. The van der Waals surface area contributed by atoms with E-state index >= 15 is 0 Å². The number of pyridine rings is 1. The van der Waals surface area contributed by atoms with Gasteiger partial charge in [-0.25, -0.2) is 4.39 Å². The molecule has 2 heterocycles. The lowest BCUT2D eigenvalue weighted by atomic mass is 10.2. The molecule has 1 fully saturated rings.